The molecule has 1 amide bonds. The fourth-order valence-corrected chi connectivity index (χ4v) is 4.45. The van der Waals surface area contributed by atoms with Gasteiger partial charge in [0.25, 0.3) is 5.91 Å². The second kappa shape index (κ2) is 9.46. The molecule has 0 fully saturated rings. The molecule has 0 saturated carbocycles. The first kappa shape index (κ1) is 21.9. The average Bonchev–Trinajstić information content (AvgIpc) is 3.47. The van der Waals surface area contributed by atoms with Gasteiger partial charge in [-0.05, 0) is 49.7 Å². The molecule has 4 aromatic heterocycles. The number of hydrogen-bond acceptors (Lipinski definition) is 7. The summed E-state index contributed by atoms with van der Waals surface area (Å²) in [6, 6.07) is 9.53. The lowest BCUT2D eigenvalue weighted by atomic mass is 10.1. The van der Waals surface area contributed by atoms with Crippen molar-refractivity contribution in [2.45, 2.75) is 26.8 Å². The van der Waals surface area contributed by atoms with Crippen LogP contribution in [0.15, 0.2) is 48.1 Å². The van der Waals surface area contributed by atoms with Gasteiger partial charge >= 0.3 is 0 Å². The number of nitrogens with zero attached hydrogens (tertiary/aromatic N) is 5. The average molecular weight is 450 g/mol. The third-order valence-electron chi connectivity index (χ3n) is 5.52. The molecular formula is C23H27N7OS. The van der Waals surface area contributed by atoms with E-state index in [1.807, 2.05) is 29.8 Å². The number of carbonyl (C=O) groups is 1. The molecule has 0 aromatic carbocycles. The zero-order valence-electron chi connectivity index (χ0n) is 18.4. The topological polar surface area (TPSA) is 101 Å². The number of hydrogen-bond donors (Lipinski definition) is 2. The van der Waals surface area contributed by atoms with Gasteiger partial charge in [-0.25, -0.2) is 14.5 Å². The van der Waals surface area contributed by atoms with E-state index >= 15 is 0 Å². The van der Waals surface area contributed by atoms with Crippen LogP contribution >= 0.6 is 11.3 Å². The predicted molar refractivity (Wildman–Crippen MR) is 129 cm³/mol. The minimum absolute atomic E-state index is 0.178. The fourth-order valence-electron chi connectivity index (χ4n) is 3.75. The minimum Gasteiger partial charge on any atom is -0.384 e. The van der Waals surface area contributed by atoms with Gasteiger partial charge in [0.05, 0.1) is 28.0 Å². The maximum absolute atomic E-state index is 12.8. The Morgan fingerprint density at radius 3 is 2.75 bits per heavy atom. The Kier molecular flexibility index (Phi) is 6.48. The standard InChI is InChI=1S/C23H27N7OS/c1-4-29(5-2)15(3)13-25-23(31)16-11-19(27-21(24)12-16)17-14-26-30-9-8-18(28-22(17)30)20-7-6-10-32-20/h6-12,14-15H,4-5,13H2,1-3H3,(H2,24,27)(H,25,31)/t15-/m0/s1. The van der Waals surface area contributed by atoms with Crippen LogP contribution in [0.2, 0.25) is 0 Å². The number of aromatic nitrogens is 4. The summed E-state index contributed by atoms with van der Waals surface area (Å²) in [4.78, 5) is 25.4. The summed E-state index contributed by atoms with van der Waals surface area (Å²) in [7, 11) is 0. The summed E-state index contributed by atoms with van der Waals surface area (Å²) in [6.07, 6.45) is 3.57. The first-order valence-electron chi connectivity index (χ1n) is 10.7. The van der Waals surface area contributed by atoms with Crippen molar-refractivity contribution < 1.29 is 4.79 Å². The number of nitrogen functional groups attached to an aromatic ring is 1. The summed E-state index contributed by atoms with van der Waals surface area (Å²) in [6.45, 7) is 8.78. The van der Waals surface area contributed by atoms with Crippen LogP contribution in [0, 0.1) is 0 Å². The molecule has 166 valence electrons. The molecule has 0 unspecified atom stereocenters. The largest absolute Gasteiger partial charge is 0.384 e. The Morgan fingerprint density at radius 1 is 1.22 bits per heavy atom. The van der Waals surface area contributed by atoms with Gasteiger partial charge in [-0.2, -0.15) is 5.10 Å². The van der Waals surface area contributed by atoms with Crippen LogP contribution in [0.4, 0.5) is 5.82 Å². The van der Waals surface area contributed by atoms with Gasteiger partial charge in [-0.1, -0.05) is 19.9 Å². The molecular weight excluding hydrogens is 422 g/mol. The van der Waals surface area contributed by atoms with E-state index in [0.29, 0.717) is 23.4 Å². The van der Waals surface area contributed by atoms with E-state index in [1.165, 1.54) is 0 Å². The van der Waals surface area contributed by atoms with Gasteiger partial charge in [-0.3, -0.25) is 9.69 Å². The lowest BCUT2D eigenvalue weighted by molar-refractivity contribution is 0.0938. The van der Waals surface area contributed by atoms with E-state index in [4.69, 9.17) is 10.7 Å². The first-order valence-corrected chi connectivity index (χ1v) is 11.6. The van der Waals surface area contributed by atoms with Crippen molar-refractivity contribution in [1.29, 1.82) is 0 Å². The quantitative estimate of drug-likeness (QED) is 0.426. The molecule has 4 rings (SSSR count). The van der Waals surface area contributed by atoms with Gasteiger partial charge in [-0.15, -0.1) is 11.3 Å². The number of nitrogens with two attached hydrogens (primary N) is 1. The lowest BCUT2D eigenvalue weighted by Crippen LogP contribution is -2.42. The van der Waals surface area contributed by atoms with Crippen molar-refractivity contribution in [3.63, 3.8) is 0 Å². The molecule has 0 aliphatic rings. The van der Waals surface area contributed by atoms with Crippen molar-refractivity contribution >= 4 is 28.7 Å². The molecule has 9 heteroatoms. The predicted octanol–water partition coefficient (Wildman–Crippen LogP) is 3.56. The van der Waals surface area contributed by atoms with Gasteiger partial charge in [0.15, 0.2) is 5.65 Å². The molecule has 1 atom stereocenters. The Morgan fingerprint density at radius 2 is 2.03 bits per heavy atom. The van der Waals surface area contributed by atoms with Crippen LogP contribution in [-0.4, -0.2) is 56.1 Å². The molecule has 0 aliphatic heterocycles. The van der Waals surface area contributed by atoms with Crippen molar-refractivity contribution in [2.24, 2.45) is 0 Å². The van der Waals surface area contributed by atoms with Crippen molar-refractivity contribution in [2.75, 3.05) is 25.4 Å². The SMILES string of the molecule is CCN(CC)[C@@H](C)CNC(=O)c1cc(N)nc(-c2cnn3ccc(-c4cccs4)nc23)c1. The van der Waals surface area contributed by atoms with Crippen LogP contribution in [0.5, 0.6) is 0 Å². The van der Waals surface area contributed by atoms with Crippen LogP contribution < -0.4 is 11.1 Å². The van der Waals surface area contributed by atoms with Crippen molar-refractivity contribution in [3.8, 4) is 21.8 Å². The Balaban J connectivity index is 1.62. The van der Waals surface area contributed by atoms with Crippen LogP contribution in [-0.2, 0) is 0 Å². The van der Waals surface area contributed by atoms with E-state index in [9.17, 15) is 4.79 Å². The second-order valence-electron chi connectivity index (χ2n) is 7.56. The number of likely N-dealkylation sites (N-methyl/N-ethyl adjacent to an activating group) is 1. The highest BCUT2D eigenvalue weighted by atomic mass is 32.1. The number of amides is 1. The zero-order chi connectivity index (χ0) is 22.7. The number of thiophene rings is 1. The van der Waals surface area contributed by atoms with Crippen LogP contribution in [0.1, 0.15) is 31.1 Å². The maximum Gasteiger partial charge on any atom is 0.251 e. The smallest absolute Gasteiger partial charge is 0.251 e. The summed E-state index contributed by atoms with van der Waals surface area (Å²) in [5, 5.41) is 9.42. The normalized spacial score (nSPS) is 12.4. The van der Waals surface area contributed by atoms with Crippen LogP contribution in [0.3, 0.4) is 0 Å². The molecule has 0 spiro atoms. The highest BCUT2D eigenvalue weighted by Gasteiger charge is 2.17. The molecule has 3 N–H and O–H groups in total. The van der Waals surface area contributed by atoms with Gasteiger partial charge < -0.3 is 11.1 Å². The van der Waals surface area contributed by atoms with E-state index in [2.05, 4.69) is 41.1 Å². The molecule has 4 heterocycles. The maximum atomic E-state index is 12.8. The molecule has 32 heavy (non-hydrogen) atoms. The molecule has 0 aliphatic carbocycles. The number of rotatable bonds is 8. The van der Waals surface area contributed by atoms with E-state index in [1.54, 1.807) is 34.2 Å². The fraction of sp³-hybridized carbons (Fsp3) is 0.304. The lowest BCUT2D eigenvalue weighted by Gasteiger charge is -2.26. The van der Waals surface area contributed by atoms with E-state index in [0.717, 1.165) is 29.2 Å². The number of anilines is 1. The Bertz CT molecular complexity index is 1210. The molecule has 0 bridgehead atoms. The highest BCUT2D eigenvalue weighted by molar-refractivity contribution is 7.13. The number of fused-ring (bicyclic) bond motifs is 1. The molecule has 4 aromatic rings. The Labute approximate surface area is 191 Å². The minimum atomic E-state index is -0.178. The van der Waals surface area contributed by atoms with Crippen molar-refractivity contribution in [1.82, 2.24) is 29.8 Å². The molecule has 8 nitrogen and oxygen atoms in total. The third kappa shape index (κ3) is 4.49. The summed E-state index contributed by atoms with van der Waals surface area (Å²) >= 11 is 1.63. The number of pyridine rings is 1. The van der Waals surface area contributed by atoms with Gasteiger partial charge in [0.1, 0.15) is 5.82 Å². The zero-order valence-corrected chi connectivity index (χ0v) is 19.3. The summed E-state index contributed by atoms with van der Waals surface area (Å²) in [5.41, 5.74) is 9.34. The highest BCUT2D eigenvalue weighted by Crippen LogP contribution is 2.27. The first-order chi connectivity index (χ1) is 15.5. The van der Waals surface area contributed by atoms with Crippen LogP contribution in [0.25, 0.3) is 27.5 Å². The second-order valence-corrected chi connectivity index (χ2v) is 8.51. The monoisotopic (exact) mass is 449 g/mol. The van der Waals surface area contributed by atoms with Crippen molar-refractivity contribution in [3.05, 3.63) is 53.7 Å². The molecule has 0 saturated heterocycles. The van der Waals surface area contributed by atoms with Gasteiger partial charge in [0, 0.05) is 24.3 Å². The van der Waals surface area contributed by atoms with E-state index < -0.39 is 0 Å². The van der Waals surface area contributed by atoms with E-state index in [-0.39, 0.29) is 17.8 Å². The van der Waals surface area contributed by atoms with Gasteiger partial charge in [0.2, 0.25) is 0 Å². The number of carbonyl (C=O) groups excluding carboxylic acids is 1. The third-order valence-corrected chi connectivity index (χ3v) is 6.41. The summed E-state index contributed by atoms with van der Waals surface area (Å²) < 4.78 is 1.70. The Hall–Kier alpha value is -3.30. The molecule has 0 radical (unpaired) electrons. The number of nitrogens with one attached hydrogen (secondary N) is 1. The summed E-state index contributed by atoms with van der Waals surface area (Å²) in [5.74, 6) is 0.0984.